The molecule has 0 saturated heterocycles. The van der Waals surface area contributed by atoms with Gasteiger partial charge in [0, 0.05) is 0 Å². The second-order valence-corrected chi connectivity index (χ2v) is 4.07. The Morgan fingerprint density at radius 1 is 0.684 bits per heavy atom. The molecule has 19 heavy (non-hydrogen) atoms. The number of benzene rings is 2. The van der Waals surface area contributed by atoms with Crippen LogP contribution in [0.15, 0.2) is 48.5 Å². The van der Waals surface area contributed by atoms with Gasteiger partial charge in [0.25, 0.3) is 0 Å². The van der Waals surface area contributed by atoms with Crippen LogP contribution in [-0.4, -0.2) is 10.2 Å². The summed E-state index contributed by atoms with van der Waals surface area (Å²) in [7, 11) is 0. The number of hydrogen-bond acceptors (Lipinski definition) is 4. The zero-order valence-electron chi connectivity index (χ0n) is 9.91. The molecule has 4 nitrogen and oxygen atoms in total. The molecular weight excluding hydrogens is 240 g/mol. The smallest absolute Gasteiger partial charge is 0.193 e. The van der Waals surface area contributed by atoms with Crippen molar-refractivity contribution in [1.29, 1.82) is 10.5 Å². The van der Waals surface area contributed by atoms with Gasteiger partial charge in [0.05, 0.1) is 12.1 Å². The van der Waals surface area contributed by atoms with Crippen molar-refractivity contribution in [3.63, 3.8) is 0 Å². The summed E-state index contributed by atoms with van der Waals surface area (Å²) in [5.74, 6) is 0.137. The van der Waals surface area contributed by atoms with E-state index in [0.717, 1.165) is 0 Å². The highest BCUT2D eigenvalue weighted by Gasteiger charge is 2.34. The quantitative estimate of drug-likeness (QED) is 0.856. The zero-order chi connectivity index (χ0) is 13.9. The lowest BCUT2D eigenvalue weighted by molar-refractivity contribution is 0.475. The molecule has 0 aliphatic rings. The monoisotopic (exact) mass is 250 g/mol. The van der Waals surface area contributed by atoms with Crippen LogP contribution >= 0.6 is 0 Å². The molecule has 4 heteroatoms. The summed E-state index contributed by atoms with van der Waals surface area (Å²) in [6.07, 6.45) is 0. The number of nitriles is 2. The maximum Gasteiger partial charge on any atom is 0.193 e. The number of nitrogens with zero attached hydrogens (tertiary/aromatic N) is 2. The summed E-state index contributed by atoms with van der Waals surface area (Å²) >= 11 is 0. The molecule has 2 aromatic carbocycles. The van der Waals surface area contributed by atoms with E-state index in [1.54, 1.807) is 0 Å². The molecular formula is C15H10N2O2. The molecule has 0 fully saturated rings. The van der Waals surface area contributed by atoms with Gasteiger partial charge in [0.1, 0.15) is 11.5 Å². The normalized spacial score (nSPS) is 10.4. The van der Waals surface area contributed by atoms with Gasteiger partial charge in [-0.2, -0.15) is 10.5 Å². The van der Waals surface area contributed by atoms with Crippen LogP contribution in [-0.2, 0) is 5.41 Å². The van der Waals surface area contributed by atoms with Gasteiger partial charge < -0.3 is 10.2 Å². The van der Waals surface area contributed by atoms with Crippen LogP contribution < -0.4 is 0 Å². The number of hydrogen-bond donors (Lipinski definition) is 2. The zero-order valence-corrected chi connectivity index (χ0v) is 9.91. The Hall–Kier alpha value is -2.98. The van der Waals surface area contributed by atoms with E-state index in [4.69, 9.17) is 0 Å². The molecule has 0 bridgehead atoms. The Morgan fingerprint density at radius 3 is 1.26 bits per heavy atom. The van der Waals surface area contributed by atoms with Gasteiger partial charge in [0.15, 0.2) is 5.41 Å². The van der Waals surface area contributed by atoms with Gasteiger partial charge in [0.2, 0.25) is 0 Å². The number of rotatable bonds is 2. The second-order valence-electron chi connectivity index (χ2n) is 4.07. The van der Waals surface area contributed by atoms with Crippen molar-refractivity contribution in [2.24, 2.45) is 0 Å². The van der Waals surface area contributed by atoms with Crippen molar-refractivity contribution in [3.8, 4) is 23.6 Å². The van der Waals surface area contributed by atoms with Crippen molar-refractivity contribution >= 4 is 0 Å². The summed E-state index contributed by atoms with van der Waals surface area (Å²) in [5.41, 5.74) is -0.511. The van der Waals surface area contributed by atoms with E-state index < -0.39 is 5.41 Å². The second kappa shape index (κ2) is 4.72. The lowest BCUT2D eigenvalue weighted by atomic mass is 9.77. The largest absolute Gasteiger partial charge is 0.508 e. The average molecular weight is 250 g/mol. The molecule has 0 aromatic heterocycles. The highest BCUT2D eigenvalue weighted by Crippen LogP contribution is 2.32. The highest BCUT2D eigenvalue weighted by molar-refractivity contribution is 5.53. The minimum atomic E-state index is -1.46. The SMILES string of the molecule is N#CC(C#N)(c1ccc(O)cc1)c1ccc(O)cc1. The number of aromatic hydroxyl groups is 2. The molecule has 0 radical (unpaired) electrons. The summed E-state index contributed by atoms with van der Waals surface area (Å²) in [6, 6.07) is 15.9. The van der Waals surface area contributed by atoms with Crippen LogP contribution in [0.5, 0.6) is 11.5 Å². The summed E-state index contributed by atoms with van der Waals surface area (Å²) in [4.78, 5) is 0. The molecule has 0 heterocycles. The average Bonchev–Trinajstić information content (AvgIpc) is 2.44. The standard InChI is InChI=1S/C15H10N2O2/c16-9-15(10-17,11-1-5-13(18)6-2-11)12-3-7-14(19)8-4-12/h1-8,18-19H. The first-order chi connectivity index (χ1) is 9.12. The Bertz CT molecular complexity index is 600. The molecule has 0 aliphatic carbocycles. The van der Waals surface area contributed by atoms with Crippen LogP contribution in [0.1, 0.15) is 11.1 Å². The first kappa shape index (κ1) is 12.5. The van der Waals surface area contributed by atoms with Gasteiger partial charge in [-0.15, -0.1) is 0 Å². The highest BCUT2D eigenvalue weighted by atomic mass is 16.3. The van der Waals surface area contributed by atoms with E-state index in [-0.39, 0.29) is 11.5 Å². The van der Waals surface area contributed by atoms with Gasteiger partial charge in [-0.1, -0.05) is 24.3 Å². The molecule has 2 aromatic rings. The Labute approximate surface area is 110 Å². The van der Waals surface area contributed by atoms with E-state index >= 15 is 0 Å². The van der Waals surface area contributed by atoms with E-state index in [2.05, 4.69) is 0 Å². The minimum Gasteiger partial charge on any atom is -0.508 e. The summed E-state index contributed by atoms with van der Waals surface area (Å²) in [5, 5.41) is 37.4. The Balaban J connectivity index is 2.62. The molecule has 0 saturated carbocycles. The Morgan fingerprint density at radius 2 is 1.00 bits per heavy atom. The predicted molar refractivity (Wildman–Crippen MR) is 68.2 cm³/mol. The summed E-state index contributed by atoms with van der Waals surface area (Å²) < 4.78 is 0. The van der Waals surface area contributed by atoms with E-state index in [0.29, 0.717) is 11.1 Å². The number of phenols is 2. The van der Waals surface area contributed by atoms with Crippen LogP contribution in [0.2, 0.25) is 0 Å². The van der Waals surface area contributed by atoms with Gasteiger partial charge >= 0.3 is 0 Å². The first-order valence-corrected chi connectivity index (χ1v) is 5.54. The minimum absolute atomic E-state index is 0.0687. The lowest BCUT2D eigenvalue weighted by Gasteiger charge is -2.19. The molecule has 2 N–H and O–H groups in total. The fourth-order valence-corrected chi connectivity index (χ4v) is 1.87. The third-order valence-electron chi connectivity index (χ3n) is 2.94. The first-order valence-electron chi connectivity index (χ1n) is 5.54. The van der Waals surface area contributed by atoms with Crippen LogP contribution in [0.25, 0.3) is 0 Å². The third kappa shape index (κ3) is 2.08. The maximum atomic E-state index is 9.42. The van der Waals surface area contributed by atoms with E-state index in [1.807, 2.05) is 12.1 Å². The molecule has 0 amide bonds. The summed E-state index contributed by atoms with van der Waals surface area (Å²) in [6.45, 7) is 0. The molecule has 2 rings (SSSR count). The Kier molecular flexibility index (Phi) is 3.10. The van der Waals surface area contributed by atoms with Gasteiger partial charge in [-0.25, -0.2) is 0 Å². The maximum absolute atomic E-state index is 9.42. The number of phenolic OH excluding ortho intramolecular Hbond substituents is 2. The molecule has 0 spiro atoms. The predicted octanol–water partition coefficient (Wildman–Crippen LogP) is 2.43. The molecule has 0 atom stereocenters. The van der Waals surface area contributed by atoms with Crippen molar-refractivity contribution in [2.45, 2.75) is 5.41 Å². The van der Waals surface area contributed by atoms with Crippen molar-refractivity contribution in [2.75, 3.05) is 0 Å². The fraction of sp³-hybridized carbons (Fsp3) is 0.0667. The van der Waals surface area contributed by atoms with Crippen molar-refractivity contribution < 1.29 is 10.2 Å². The lowest BCUT2D eigenvalue weighted by Crippen LogP contribution is -2.23. The van der Waals surface area contributed by atoms with Gasteiger partial charge in [-0.05, 0) is 35.4 Å². The fourth-order valence-electron chi connectivity index (χ4n) is 1.87. The topological polar surface area (TPSA) is 88.0 Å². The van der Waals surface area contributed by atoms with Crippen LogP contribution in [0, 0.1) is 22.7 Å². The third-order valence-corrected chi connectivity index (χ3v) is 2.94. The van der Waals surface area contributed by atoms with Gasteiger partial charge in [-0.3, -0.25) is 0 Å². The molecule has 92 valence electrons. The molecule has 0 aliphatic heterocycles. The molecule has 0 unspecified atom stereocenters. The van der Waals surface area contributed by atoms with Crippen molar-refractivity contribution in [1.82, 2.24) is 0 Å². The van der Waals surface area contributed by atoms with E-state index in [9.17, 15) is 20.7 Å². The van der Waals surface area contributed by atoms with E-state index in [1.165, 1.54) is 48.5 Å². The van der Waals surface area contributed by atoms with Crippen LogP contribution in [0.4, 0.5) is 0 Å². The van der Waals surface area contributed by atoms with Crippen LogP contribution in [0.3, 0.4) is 0 Å². The van der Waals surface area contributed by atoms with Crippen molar-refractivity contribution in [3.05, 3.63) is 59.7 Å².